The number of carbonyl (C=O) groups is 6. The van der Waals surface area contributed by atoms with Crippen molar-refractivity contribution in [3.8, 4) is 0 Å². The van der Waals surface area contributed by atoms with Crippen molar-refractivity contribution in [2.75, 3.05) is 58.9 Å². The Labute approximate surface area is 629 Å². The highest BCUT2D eigenvalue weighted by atomic mass is 35.5. The van der Waals surface area contributed by atoms with E-state index >= 15 is 0 Å². The molecule has 9 aromatic rings. The number of benzene rings is 9. The maximum Gasteiger partial charge on any atom is 0.251 e. The number of aliphatic imine (C=N–C) groups is 1. The van der Waals surface area contributed by atoms with Crippen molar-refractivity contribution in [2.24, 2.45) is 27.9 Å². The molecule has 3 heterocycles. The predicted octanol–water partition coefficient (Wildman–Crippen LogP) is 9.87. The monoisotopic (exact) mass is 1500 g/mol. The Kier molecular flexibility index (Phi) is 29.3. The molecular formula is C82H92ClF5N14O6. The van der Waals surface area contributed by atoms with Gasteiger partial charge in [-0.15, -0.1) is 0 Å². The summed E-state index contributed by atoms with van der Waals surface area (Å²) in [4.78, 5) is 87.3. The molecule has 0 aliphatic carbocycles. The van der Waals surface area contributed by atoms with E-state index in [-0.39, 0.29) is 79.2 Å². The molecule has 568 valence electrons. The number of nitrogens with one attached hydrogen (secondary N) is 6. The van der Waals surface area contributed by atoms with Crippen LogP contribution < -0.4 is 54.8 Å². The van der Waals surface area contributed by atoms with E-state index in [4.69, 9.17) is 34.5 Å². The molecule has 6 amide bonds. The molecule has 0 spiro atoms. The van der Waals surface area contributed by atoms with Crippen molar-refractivity contribution >= 4 is 85.3 Å². The molecule has 0 saturated carbocycles. The van der Waals surface area contributed by atoms with Gasteiger partial charge in [0.15, 0.2) is 5.96 Å². The molecular weight excluding hydrogens is 1410 g/mol. The lowest BCUT2D eigenvalue weighted by Crippen LogP contribution is -2.48. The number of nitrogens with two attached hydrogens (primary N) is 4. The summed E-state index contributed by atoms with van der Waals surface area (Å²) in [5.74, 6) is -4.08. The van der Waals surface area contributed by atoms with Gasteiger partial charge in [0, 0.05) is 117 Å². The quantitative estimate of drug-likeness (QED) is 0.0110. The average Bonchev–Trinajstić information content (AvgIpc) is 1.33. The number of nitrogens with zero attached hydrogens (tertiary/aromatic N) is 4. The fraction of sp³-hybridized carbons (Fsp3) is 0.329. The number of hydrogen-bond donors (Lipinski definition) is 10. The molecule has 12 rings (SSSR count). The van der Waals surface area contributed by atoms with Gasteiger partial charge in [-0.1, -0.05) is 103 Å². The molecule has 20 nitrogen and oxygen atoms in total. The zero-order valence-electron chi connectivity index (χ0n) is 59.9. The van der Waals surface area contributed by atoms with Gasteiger partial charge in [0.2, 0.25) is 17.7 Å². The Bertz CT molecular complexity index is 4400. The molecule has 3 fully saturated rings. The average molecular weight is 1500 g/mol. The Morgan fingerprint density at radius 1 is 0.417 bits per heavy atom. The molecule has 3 aliphatic rings. The predicted molar refractivity (Wildman–Crippen MR) is 412 cm³/mol. The first-order valence-corrected chi connectivity index (χ1v) is 36.8. The van der Waals surface area contributed by atoms with Crippen LogP contribution in [0.15, 0.2) is 187 Å². The molecule has 0 bridgehead atoms. The fourth-order valence-corrected chi connectivity index (χ4v) is 13.9. The molecule has 0 radical (unpaired) electrons. The Hall–Kier alpha value is -10.4. The van der Waals surface area contributed by atoms with E-state index in [0.29, 0.717) is 155 Å². The van der Waals surface area contributed by atoms with Gasteiger partial charge in [-0.05, 0) is 199 Å². The first-order valence-electron chi connectivity index (χ1n) is 36.4. The largest absolute Gasteiger partial charge is 0.370 e. The van der Waals surface area contributed by atoms with Crippen LogP contribution in [0.3, 0.4) is 0 Å². The lowest BCUT2D eigenvalue weighted by atomic mass is 10.1. The van der Waals surface area contributed by atoms with Gasteiger partial charge in [-0.3, -0.25) is 33.8 Å². The summed E-state index contributed by atoms with van der Waals surface area (Å²) >= 11 is 6.00. The van der Waals surface area contributed by atoms with Crippen LogP contribution in [0.1, 0.15) is 106 Å². The number of hydrogen-bond acceptors (Lipinski definition) is 12. The topological polar surface area (TPSA) is 301 Å². The number of carbonyl (C=O) groups excluding carboxylic acids is 6. The zero-order valence-corrected chi connectivity index (χ0v) is 60.7. The zero-order chi connectivity index (χ0) is 76.6. The van der Waals surface area contributed by atoms with Crippen molar-refractivity contribution in [3.05, 3.63) is 249 Å². The van der Waals surface area contributed by atoms with Gasteiger partial charge in [-0.2, -0.15) is 0 Å². The number of halogens is 6. The van der Waals surface area contributed by atoms with Crippen molar-refractivity contribution in [2.45, 2.75) is 114 Å². The van der Waals surface area contributed by atoms with E-state index in [1.165, 1.54) is 36.4 Å². The summed E-state index contributed by atoms with van der Waals surface area (Å²) in [6, 6.07) is 49.3. The minimum atomic E-state index is -0.691. The normalized spacial score (nSPS) is 18.2. The van der Waals surface area contributed by atoms with Crippen LogP contribution in [0.5, 0.6) is 0 Å². The molecule has 26 heteroatoms. The lowest BCUT2D eigenvalue weighted by Gasteiger charge is -2.25. The summed E-state index contributed by atoms with van der Waals surface area (Å²) in [6.07, 6.45) is 5.27. The summed E-state index contributed by atoms with van der Waals surface area (Å²) in [6.45, 7) is 4.06. The van der Waals surface area contributed by atoms with E-state index in [0.717, 1.165) is 44.5 Å². The molecule has 0 aromatic heterocycles. The second kappa shape index (κ2) is 39.4. The highest BCUT2D eigenvalue weighted by molar-refractivity contribution is 6.30. The van der Waals surface area contributed by atoms with E-state index in [9.17, 15) is 50.7 Å². The van der Waals surface area contributed by atoms with Crippen LogP contribution >= 0.6 is 11.6 Å². The van der Waals surface area contributed by atoms with Gasteiger partial charge in [0.05, 0.1) is 18.1 Å². The van der Waals surface area contributed by atoms with Crippen LogP contribution in [0.4, 0.5) is 22.0 Å². The maximum atomic E-state index is 13.8. The second-order valence-corrected chi connectivity index (χ2v) is 27.8. The fourth-order valence-electron chi connectivity index (χ4n) is 13.7. The van der Waals surface area contributed by atoms with Crippen molar-refractivity contribution in [3.63, 3.8) is 0 Å². The standard InChI is InChI=1S/C28H32F2N6O2.C27H30ClFN4O2.C27H30F2N4O2/c29-22-12-18(13-23(30)15-22)17-36-11-9-24(35-25(27(36)38)6-3-10-33-28(31)32)16-34-26(37)21-8-7-19-4-1-2-5-20(19)14-21;2*28-22-12-18(13-23(29)15-22)17-33-11-9-24(32-25(27(33)35)6-3-10-30)16-31-26(34)21-8-7-19-4-1-2-5-20(19)14-21/h1-2,4-5,7-8,12-15,24-25,35H,3,6,9-11,16-17H2,(H,34,37)(H4,31,32,33);2*1-2,4-5,7-8,12-15,24-25,32H,3,6,9-11,16-17,30H2,(H,31,34)/t3*24-,25-/m000/s1. The van der Waals surface area contributed by atoms with E-state index in [1.807, 2.05) is 115 Å². The first-order chi connectivity index (χ1) is 52.1. The van der Waals surface area contributed by atoms with Crippen molar-refractivity contribution in [1.82, 2.24) is 46.6 Å². The molecule has 3 saturated heterocycles. The Morgan fingerprint density at radius 3 is 1.04 bits per heavy atom. The van der Waals surface area contributed by atoms with E-state index in [1.54, 1.807) is 32.9 Å². The molecule has 9 aromatic carbocycles. The van der Waals surface area contributed by atoms with Gasteiger partial charge < -0.3 is 69.5 Å². The van der Waals surface area contributed by atoms with Crippen molar-refractivity contribution < 1.29 is 50.7 Å². The SMILES string of the molecule is NC(N)=NCCC[C@@H]1N[C@H](CNC(=O)c2ccc3ccccc3c2)CCN(Cc2cc(F)cc(F)c2)C1=O.NCCC[C@@H]1N[C@H](CNC(=O)c2ccc3ccccc3c2)CCN(Cc2cc(F)cc(Cl)c2)C1=O.NCCC[C@@H]1N[C@H](CNC(=O)c2ccc3ccccc3c2)CCN(Cc2cc(F)cc(F)c2)C1=O. The van der Waals surface area contributed by atoms with E-state index < -0.39 is 47.2 Å². The molecule has 108 heavy (non-hydrogen) atoms. The smallest absolute Gasteiger partial charge is 0.251 e. The second-order valence-electron chi connectivity index (χ2n) is 27.4. The number of amides is 6. The summed E-state index contributed by atoms with van der Waals surface area (Å²) in [5.41, 5.74) is 25.3. The van der Waals surface area contributed by atoms with Crippen molar-refractivity contribution in [1.29, 1.82) is 0 Å². The highest BCUT2D eigenvalue weighted by Crippen LogP contribution is 2.24. The van der Waals surface area contributed by atoms with Gasteiger partial charge >= 0.3 is 0 Å². The summed E-state index contributed by atoms with van der Waals surface area (Å²) in [7, 11) is 0. The van der Waals surface area contributed by atoms with Crippen LogP contribution in [-0.4, -0.2) is 151 Å². The molecule has 6 atom stereocenters. The minimum absolute atomic E-state index is 0.0193. The van der Waals surface area contributed by atoms with Gasteiger partial charge in [0.1, 0.15) is 29.1 Å². The summed E-state index contributed by atoms with van der Waals surface area (Å²) < 4.78 is 68.6. The maximum absolute atomic E-state index is 13.8. The number of guanidine groups is 1. The number of rotatable bonds is 25. The lowest BCUT2D eigenvalue weighted by molar-refractivity contribution is -0.134. The number of fused-ring (bicyclic) bond motifs is 3. The molecule has 14 N–H and O–H groups in total. The first kappa shape index (κ1) is 80.1. The highest BCUT2D eigenvalue weighted by Gasteiger charge is 2.34. The Morgan fingerprint density at radius 2 is 0.722 bits per heavy atom. The third-order valence-corrected chi connectivity index (χ3v) is 19.4. The minimum Gasteiger partial charge on any atom is -0.370 e. The van der Waals surface area contributed by atoms with Crippen LogP contribution in [0.25, 0.3) is 32.3 Å². The summed E-state index contributed by atoms with van der Waals surface area (Å²) in [5, 5.41) is 25.6. The molecule has 3 aliphatic heterocycles. The van der Waals surface area contributed by atoms with Crippen LogP contribution in [0, 0.1) is 29.1 Å². The van der Waals surface area contributed by atoms with Gasteiger partial charge in [0.25, 0.3) is 17.7 Å². The Balaban J connectivity index is 0.000000173. The van der Waals surface area contributed by atoms with Crippen LogP contribution in [-0.2, 0) is 34.0 Å². The third kappa shape index (κ3) is 23.5. The molecule has 0 unspecified atom stereocenters. The third-order valence-electron chi connectivity index (χ3n) is 19.2. The van der Waals surface area contributed by atoms with Gasteiger partial charge in [-0.25, -0.2) is 22.0 Å². The van der Waals surface area contributed by atoms with E-state index in [2.05, 4.69) is 36.9 Å². The van der Waals surface area contributed by atoms with Crippen LogP contribution in [0.2, 0.25) is 5.02 Å².